The standard InChI is InChI=1S/C14H14N2O3/c1-3-19-14(18)13-11(10-7-5-4-6-8-10)12(9(2)17)15-16-13/h4-8H,3H2,1-2H3,(H,15,16). The summed E-state index contributed by atoms with van der Waals surface area (Å²) in [6.07, 6.45) is 0. The van der Waals surface area contributed by atoms with E-state index in [0.717, 1.165) is 5.56 Å². The number of rotatable bonds is 4. The van der Waals surface area contributed by atoms with Crippen LogP contribution in [0.25, 0.3) is 11.1 Å². The van der Waals surface area contributed by atoms with E-state index in [1.54, 1.807) is 6.92 Å². The fraction of sp³-hybridized carbons (Fsp3) is 0.214. The molecule has 0 fully saturated rings. The Kier molecular flexibility index (Phi) is 3.75. The second-order valence-corrected chi connectivity index (χ2v) is 3.96. The van der Waals surface area contributed by atoms with Gasteiger partial charge in [0.15, 0.2) is 11.5 Å². The normalized spacial score (nSPS) is 10.2. The number of esters is 1. The second-order valence-electron chi connectivity index (χ2n) is 3.96. The zero-order chi connectivity index (χ0) is 13.8. The molecule has 2 aromatic rings. The highest BCUT2D eigenvalue weighted by Crippen LogP contribution is 2.26. The molecule has 2 rings (SSSR count). The van der Waals surface area contributed by atoms with Crippen LogP contribution in [0.3, 0.4) is 0 Å². The van der Waals surface area contributed by atoms with E-state index in [1.165, 1.54) is 6.92 Å². The van der Waals surface area contributed by atoms with Crippen LogP contribution >= 0.6 is 0 Å². The Hall–Kier alpha value is -2.43. The summed E-state index contributed by atoms with van der Waals surface area (Å²) in [6, 6.07) is 9.17. The number of H-pyrrole nitrogens is 1. The molecule has 0 unspecified atom stereocenters. The Labute approximate surface area is 110 Å². The molecule has 1 heterocycles. The minimum absolute atomic E-state index is 0.203. The number of carbonyl (C=O) groups excluding carboxylic acids is 2. The van der Waals surface area contributed by atoms with Crippen LogP contribution in [0.5, 0.6) is 0 Å². The minimum atomic E-state index is -0.513. The van der Waals surface area contributed by atoms with Crippen LogP contribution in [0.2, 0.25) is 0 Å². The predicted molar refractivity (Wildman–Crippen MR) is 70.0 cm³/mol. The number of nitrogens with one attached hydrogen (secondary N) is 1. The molecule has 0 spiro atoms. The van der Waals surface area contributed by atoms with E-state index in [1.807, 2.05) is 30.3 Å². The Morgan fingerprint density at radius 2 is 1.95 bits per heavy atom. The van der Waals surface area contributed by atoms with E-state index in [9.17, 15) is 9.59 Å². The van der Waals surface area contributed by atoms with Crippen molar-refractivity contribution in [3.8, 4) is 11.1 Å². The van der Waals surface area contributed by atoms with E-state index in [4.69, 9.17) is 4.74 Å². The van der Waals surface area contributed by atoms with E-state index < -0.39 is 5.97 Å². The third-order valence-corrected chi connectivity index (χ3v) is 2.64. The zero-order valence-electron chi connectivity index (χ0n) is 10.8. The van der Waals surface area contributed by atoms with Gasteiger partial charge in [-0.25, -0.2) is 4.79 Å². The number of aromatic amines is 1. The fourth-order valence-corrected chi connectivity index (χ4v) is 1.83. The molecule has 0 bridgehead atoms. The molecule has 0 saturated heterocycles. The second kappa shape index (κ2) is 5.48. The molecule has 5 nitrogen and oxygen atoms in total. The Balaban J connectivity index is 2.58. The number of benzene rings is 1. The maximum absolute atomic E-state index is 11.9. The maximum Gasteiger partial charge on any atom is 0.357 e. The van der Waals surface area contributed by atoms with Gasteiger partial charge in [-0.05, 0) is 12.5 Å². The van der Waals surface area contributed by atoms with Gasteiger partial charge in [-0.2, -0.15) is 5.10 Å². The summed E-state index contributed by atoms with van der Waals surface area (Å²) < 4.78 is 4.96. The summed E-state index contributed by atoms with van der Waals surface area (Å²) in [5.74, 6) is -0.716. The molecule has 1 N–H and O–H groups in total. The predicted octanol–water partition coefficient (Wildman–Crippen LogP) is 2.46. The molecule has 1 aromatic heterocycles. The highest BCUT2D eigenvalue weighted by atomic mass is 16.5. The van der Waals surface area contributed by atoms with Crippen molar-refractivity contribution in [1.29, 1.82) is 0 Å². The average molecular weight is 258 g/mol. The Morgan fingerprint density at radius 1 is 1.26 bits per heavy atom. The molecule has 0 aliphatic rings. The van der Waals surface area contributed by atoms with Crippen molar-refractivity contribution in [2.45, 2.75) is 13.8 Å². The number of carbonyl (C=O) groups is 2. The molecular weight excluding hydrogens is 244 g/mol. The molecular formula is C14H14N2O3. The number of Topliss-reactive ketones (excluding diaryl/α,β-unsaturated/α-hetero) is 1. The van der Waals surface area contributed by atoms with Crippen molar-refractivity contribution in [3.63, 3.8) is 0 Å². The maximum atomic E-state index is 11.9. The van der Waals surface area contributed by atoms with E-state index in [2.05, 4.69) is 10.2 Å². The van der Waals surface area contributed by atoms with E-state index in [0.29, 0.717) is 5.56 Å². The van der Waals surface area contributed by atoms with Gasteiger partial charge in [-0.15, -0.1) is 0 Å². The van der Waals surface area contributed by atoms with Crippen molar-refractivity contribution in [3.05, 3.63) is 41.7 Å². The zero-order valence-corrected chi connectivity index (χ0v) is 10.8. The highest BCUT2D eigenvalue weighted by molar-refractivity contribution is 6.05. The van der Waals surface area contributed by atoms with Gasteiger partial charge in [0.1, 0.15) is 5.69 Å². The van der Waals surface area contributed by atoms with Gasteiger partial charge in [-0.3, -0.25) is 9.89 Å². The molecule has 98 valence electrons. The summed E-state index contributed by atoms with van der Waals surface area (Å²) >= 11 is 0. The van der Waals surface area contributed by atoms with E-state index >= 15 is 0 Å². The fourth-order valence-electron chi connectivity index (χ4n) is 1.83. The molecule has 0 aliphatic heterocycles. The molecule has 0 atom stereocenters. The largest absolute Gasteiger partial charge is 0.461 e. The first-order chi connectivity index (χ1) is 9.15. The topological polar surface area (TPSA) is 72.1 Å². The van der Waals surface area contributed by atoms with Gasteiger partial charge in [0.25, 0.3) is 0 Å². The lowest BCUT2D eigenvalue weighted by Crippen LogP contribution is -2.07. The number of hydrogen-bond donors (Lipinski definition) is 1. The number of ketones is 1. The third-order valence-electron chi connectivity index (χ3n) is 2.64. The smallest absolute Gasteiger partial charge is 0.357 e. The molecule has 1 aromatic carbocycles. The van der Waals surface area contributed by atoms with Crippen molar-refractivity contribution < 1.29 is 14.3 Å². The minimum Gasteiger partial charge on any atom is -0.461 e. The van der Waals surface area contributed by atoms with Crippen molar-refractivity contribution >= 4 is 11.8 Å². The quantitative estimate of drug-likeness (QED) is 0.675. The third kappa shape index (κ3) is 2.54. The molecule has 5 heteroatoms. The number of hydrogen-bond acceptors (Lipinski definition) is 4. The monoisotopic (exact) mass is 258 g/mol. The van der Waals surface area contributed by atoms with E-state index in [-0.39, 0.29) is 23.8 Å². The molecule has 0 saturated carbocycles. The van der Waals surface area contributed by atoms with Crippen LogP contribution in [-0.2, 0) is 4.74 Å². The number of aromatic nitrogens is 2. The average Bonchev–Trinajstić information content (AvgIpc) is 2.85. The first-order valence-corrected chi connectivity index (χ1v) is 5.97. The van der Waals surface area contributed by atoms with Gasteiger partial charge in [-0.1, -0.05) is 30.3 Å². The van der Waals surface area contributed by atoms with Crippen molar-refractivity contribution in [2.75, 3.05) is 6.61 Å². The molecule has 0 aliphatic carbocycles. The summed E-state index contributed by atoms with van der Waals surface area (Å²) in [6.45, 7) is 3.40. The van der Waals surface area contributed by atoms with Crippen molar-refractivity contribution in [2.24, 2.45) is 0 Å². The van der Waals surface area contributed by atoms with Crippen LogP contribution in [0.4, 0.5) is 0 Å². The first kappa shape index (κ1) is 13.0. The molecule has 0 amide bonds. The lowest BCUT2D eigenvalue weighted by molar-refractivity contribution is 0.0520. The van der Waals surface area contributed by atoms with Gasteiger partial charge < -0.3 is 4.74 Å². The molecule has 19 heavy (non-hydrogen) atoms. The van der Waals surface area contributed by atoms with Crippen molar-refractivity contribution in [1.82, 2.24) is 10.2 Å². The lowest BCUT2D eigenvalue weighted by Gasteiger charge is -2.04. The summed E-state index contributed by atoms with van der Waals surface area (Å²) in [5.41, 5.74) is 1.70. The van der Waals surface area contributed by atoms with Crippen LogP contribution in [0.1, 0.15) is 34.8 Å². The summed E-state index contributed by atoms with van der Waals surface area (Å²) in [4.78, 5) is 23.5. The molecule has 0 radical (unpaired) electrons. The van der Waals surface area contributed by atoms with Gasteiger partial charge in [0, 0.05) is 12.5 Å². The summed E-state index contributed by atoms with van der Waals surface area (Å²) in [7, 11) is 0. The van der Waals surface area contributed by atoms with Crippen LogP contribution in [0.15, 0.2) is 30.3 Å². The summed E-state index contributed by atoms with van der Waals surface area (Å²) in [5, 5.41) is 6.51. The number of ether oxygens (including phenoxy) is 1. The van der Waals surface area contributed by atoms with Gasteiger partial charge in [0.05, 0.1) is 6.61 Å². The number of nitrogens with zero attached hydrogens (tertiary/aromatic N) is 1. The Bertz CT molecular complexity index is 602. The van der Waals surface area contributed by atoms with Gasteiger partial charge >= 0.3 is 5.97 Å². The SMILES string of the molecule is CCOC(=O)c1[nH]nc(C(C)=O)c1-c1ccccc1. The Morgan fingerprint density at radius 3 is 2.53 bits per heavy atom. The highest BCUT2D eigenvalue weighted by Gasteiger charge is 2.23. The first-order valence-electron chi connectivity index (χ1n) is 5.97. The lowest BCUT2D eigenvalue weighted by atomic mass is 10.0. The van der Waals surface area contributed by atoms with Crippen LogP contribution < -0.4 is 0 Å². The van der Waals surface area contributed by atoms with Crippen LogP contribution in [0, 0.1) is 0 Å². The van der Waals surface area contributed by atoms with Gasteiger partial charge in [0.2, 0.25) is 0 Å². The van der Waals surface area contributed by atoms with Crippen LogP contribution in [-0.4, -0.2) is 28.6 Å².